The summed E-state index contributed by atoms with van der Waals surface area (Å²) in [7, 11) is 0.693. The van der Waals surface area contributed by atoms with Gasteiger partial charge in [-0.1, -0.05) is 42.5 Å². The highest BCUT2D eigenvalue weighted by atomic mass is 32.2. The van der Waals surface area contributed by atoms with E-state index in [4.69, 9.17) is 9.97 Å². The topological polar surface area (TPSA) is 81.7 Å². The lowest BCUT2D eigenvalue weighted by Gasteiger charge is -2.32. The third-order valence-corrected chi connectivity index (χ3v) is 7.58. The molecule has 0 atom stereocenters. The summed E-state index contributed by atoms with van der Waals surface area (Å²) < 4.78 is 27.1. The highest BCUT2D eigenvalue weighted by molar-refractivity contribution is 7.92. The number of para-hydroxylation sites is 1. The van der Waals surface area contributed by atoms with Crippen molar-refractivity contribution >= 4 is 32.8 Å². The predicted molar refractivity (Wildman–Crippen MR) is 142 cm³/mol. The average Bonchev–Trinajstić information content (AvgIpc) is 2.86. The molecule has 3 aromatic rings. The van der Waals surface area contributed by atoms with Crippen molar-refractivity contribution in [2.75, 3.05) is 58.7 Å². The summed E-state index contributed by atoms with van der Waals surface area (Å²) in [6, 6.07) is 17.5. The molecule has 0 amide bonds. The maximum absolute atomic E-state index is 12.8. The predicted octanol–water partition coefficient (Wildman–Crippen LogP) is 3.11. The van der Waals surface area contributed by atoms with Crippen molar-refractivity contribution < 1.29 is 8.42 Å². The number of sulfonamides is 1. The molecule has 0 saturated carbocycles. The van der Waals surface area contributed by atoms with Crippen LogP contribution in [0.2, 0.25) is 0 Å². The van der Waals surface area contributed by atoms with Crippen LogP contribution in [0.5, 0.6) is 0 Å². The molecule has 9 heteroatoms. The van der Waals surface area contributed by atoms with Crippen molar-refractivity contribution in [3.63, 3.8) is 0 Å². The van der Waals surface area contributed by atoms with Crippen LogP contribution in [0, 0.1) is 0 Å². The fraction of sp³-hybridized carbons (Fsp3) is 0.385. The average molecular weight is 495 g/mol. The molecule has 2 heterocycles. The zero-order valence-electron chi connectivity index (χ0n) is 20.5. The first-order valence-electron chi connectivity index (χ1n) is 12.0. The summed E-state index contributed by atoms with van der Waals surface area (Å²) in [5.74, 6) is 1.61. The monoisotopic (exact) mass is 494 g/mol. The Kier molecular flexibility index (Phi) is 8.46. The van der Waals surface area contributed by atoms with Crippen LogP contribution in [0.3, 0.4) is 0 Å². The molecule has 186 valence electrons. The van der Waals surface area contributed by atoms with Crippen LogP contribution in [-0.4, -0.2) is 85.9 Å². The number of nitrogens with one attached hydrogen (secondary N) is 1. The first kappa shape index (κ1) is 25.2. The van der Waals surface area contributed by atoms with Crippen molar-refractivity contribution in [2.45, 2.75) is 13.0 Å². The first-order chi connectivity index (χ1) is 16.9. The van der Waals surface area contributed by atoms with Gasteiger partial charge in [0, 0.05) is 43.5 Å². The van der Waals surface area contributed by atoms with Gasteiger partial charge in [0.05, 0.1) is 12.1 Å². The number of anilines is 1. The van der Waals surface area contributed by atoms with Gasteiger partial charge in [0.15, 0.2) is 0 Å². The van der Waals surface area contributed by atoms with Crippen LogP contribution in [-0.2, 0) is 16.6 Å². The van der Waals surface area contributed by atoms with Gasteiger partial charge < -0.3 is 10.2 Å². The van der Waals surface area contributed by atoms with E-state index < -0.39 is 10.0 Å². The molecule has 0 bridgehead atoms. The van der Waals surface area contributed by atoms with Crippen LogP contribution in [0.25, 0.3) is 17.0 Å². The molecule has 35 heavy (non-hydrogen) atoms. The number of aromatic nitrogens is 2. The van der Waals surface area contributed by atoms with Gasteiger partial charge >= 0.3 is 0 Å². The normalized spacial score (nSPS) is 15.9. The zero-order valence-corrected chi connectivity index (χ0v) is 21.3. The van der Waals surface area contributed by atoms with E-state index in [9.17, 15) is 8.42 Å². The van der Waals surface area contributed by atoms with Gasteiger partial charge in [0.2, 0.25) is 10.0 Å². The largest absolute Gasteiger partial charge is 0.369 e. The molecule has 1 aromatic heterocycles. The van der Waals surface area contributed by atoms with Crippen molar-refractivity contribution in [2.24, 2.45) is 0 Å². The van der Waals surface area contributed by atoms with Crippen molar-refractivity contribution in [3.05, 3.63) is 71.4 Å². The number of nitrogens with zero attached hydrogens (tertiary/aromatic N) is 5. The Morgan fingerprint density at radius 2 is 1.69 bits per heavy atom. The van der Waals surface area contributed by atoms with Crippen LogP contribution < -0.4 is 5.32 Å². The van der Waals surface area contributed by atoms with Crippen molar-refractivity contribution in [1.82, 2.24) is 24.1 Å². The molecule has 8 nitrogen and oxygen atoms in total. The van der Waals surface area contributed by atoms with Crippen molar-refractivity contribution in [1.29, 1.82) is 0 Å². The van der Waals surface area contributed by atoms with Gasteiger partial charge in [0.25, 0.3) is 0 Å². The summed E-state index contributed by atoms with van der Waals surface area (Å²) in [4.78, 5) is 14.0. The standard InChI is InChI=1S/C26H34N6O2S/c1-30(2)15-8-14-27-26-23-11-6-7-12-24(23)28-25(29-26)21-31-16-18-32(19-17-31)35(33,34)20-13-22-9-4-3-5-10-22/h3-7,9-13,20H,8,14-19,21H2,1-2H3,(H,27,28,29). The summed E-state index contributed by atoms with van der Waals surface area (Å²) in [6.45, 7) is 4.61. The maximum atomic E-state index is 12.8. The van der Waals surface area contributed by atoms with Gasteiger partial charge in [-0.2, -0.15) is 4.31 Å². The second kappa shape index (κ2) is 11.7. The Hall–Kier alpha value is -2.85. The SMILES string of the molecule is CN(C)CCCNc1nc(CN2CCN(S(=O)(=O)C=Cc3ccccc3)CC2)nc2ccccc12. The second-order valence-electron chi connectivity index (χ2n) is 9.02. The molecular formula is C26H34N6O2S. The summed E-state index contributed by atoms with van der Waals surface area (Å²) >= 11 is 0. The molecule has 2 aromatic carbocycles. The summed E-state index contributed by atoms with van der Waals surface area (Å²) in [6.07, 6.45) is 2.67. The molecule has 1 N–H and O–H groups in total. The molecule has 0 radical (unpaired) electrons. The number of hydrogen-bond acceptors (Lipinski definition) is 7. The van der Waals surface area contributed by atoms with Crippen LogP contribution >= 0.6 is 0 Å². The number of rotatable bonds is 10. The fourth-order valence-corrected chi connectivity index (χ4v) is 5.26. The summed E-state index contributed by atoms with van der Waals surface area (Å²) in [5.41, 5.74) is 1.79. The van der Waals surface area contributed by atoms with Crippen LogP contribution in [0.1, 0.15) is 17.8 Å². The molecule has 4 rings (SSSR count). The number of piperazine rings is 1. The lowest BCUT2D eigenvalue weighted by atomic mass is 10.2. The molecule has 1 aliphatic rings. The zero-order chi connectivity index (χ0) is 24.7. The molecule has 1 saturated heterocycles. The second-order valence-corrected chi connectivity index (χ2v) is 10.8. The molecule has 0 spiro atoms. The van der Waals surface area contributed by atoms with Gasteiger partial charge in [-0.3, -0.25) is 4.90 Å². The number of hydrogen-bond donors (Lipinski definition) is 1. The molecule has 1 fully saturated rings. The van der Waals surface area contributed by atoms with Gasteiger partial charge in [-0.15, -0.1) is 0 Å². The molecule has 0 aliphatic carbocycles. The van der Waals surface area contributed by atoms with Crippen LogP contribution in [0.15, 0.2) is 60.0 Å². The Bertz CT molecular complexity index is 1240. The van der Waals surface area contributed by atoms with E-state index in [0.29, 0.717) is 32.7 Å². The van der Waals surface area contributed by atoms with Gasteiger partial charge in [0.1, 0.15) is 11.6 Å². The highest BCUT2D eigenvalue weighted by Crippen LogP contribution is 2.21. The molecule has 1 aliphatic heterocycles. The van der Waals surface area contributed by atoms with E-state index in [-0.39, 0.29) is 0 Å². The Balaban J connectivity index is 1.38. The lowest BCUT2D eigenvalue weighted by Crippen LogP contribution is -2.47. The minimum absolute atomic E-state index is 0.449. The number of fused-ring (bicyclic) bond motifs is 1. The van der Waals surface area contributed by atoms with Gasteiger partial charge in [-0.05, 0) is 50.8 Å². The van der Waals surface area contributed by atoms with Crippen molar-refractivity contribution in [3.8, 4) is 0 Å². The van der Waals surface area contributed by atoms with E-state index >= 15 is 0 Å². The van der Waals surface area contributed by atoms with Crippen LogP contribution in [0.4, 0.5) is 5.82 Å². The quantitative estimate of drug-likeness (QED) is 0.434. The minimum atomic E-state index is -3.45. The van der Waals surface area contributed by atoms with E-state index in [1.807, 2.05) is 54.6 Å². The fourth-order valence-electron chi connectivity index (χ4n) is 4.09. The number of benzene rings is 2. The Morgan fingerprint density at radius 1 is 0.971 bits per heavy atom. The minimum Gasteiger partial charge on any atom is -0.369 e. The third kappa shape index (κ3) is 7.08. The Labute approximate surface area is 208 Å². The molecular weight excluding hydrogens is 460 g/mol. The lowest BCUT2D eigenvalue weighted by molar-refractivity contribution is 0.179. The third-order valence-electron chi connectivity index (χ3n) is 6.01. The maximum Gasteiger partial charge on any atom is 0.236 e. The van der Waals surface area contributed by atoms with E-state index in [2.05, 4.69) is 29.2 Å². The summed E-state index contributed by atoms with van der Waals surface area (Å²) in [5, 5.41) is 5.80. The highest BCUT2D eigenvalue weighted by Gasteiger charge is 2.25. The molecule has 0 unspecified atom stereocenters. The smallest absolute Gasteiger partial charge is 0.236 e. The first-order valence-corrected chi connectivity index (χ1v) is 13.5. The van der Waals surface area contributed by atoms with Gasteiger partial charge in [-0.25, -0.2) is 18.4 Å². The Morgan fingerprint density at radius 3 is 2.43 bits per heavy atom. The van der Waals surface area contributed by atoms with E-state index in [1.165, 1.54) is 5.41 Å². The van der Waals surface area contributed by atoms with E-state index in [1.54, 1.807) is 10.4 Å². The van der Waals surface area contributed by atoms with E-state index in [0.717, 1.165) is 47.6 Å².